The van der Waals surface area contributed by atoms with Crippen LogP contribution in [0.2, 0.25) is 0 Å². The highest BCUT2D eigenvalue weighted by molar-refractivity contribution is 5.81. The van der Waals surface area contributed by atoms with E-state index in [1.165, 1.54) is 10.9 Å². The van der Waals surface area contributed by atoms with Gasteiger partial charge in [0.05, 0.1) is 12.6 Å². The summed E-state index contributed by atoms with van der Waals surface area (Å²) in [5, 5.41) is 1.18. The molecule has 0 unspecified atom stereocenters. The lowest BCUT2D eigenvalue weighted by atomic mass is 10.1. The molecule has 0 spiro atoms. The fourth-order valence-electron chi connectivity index (χ4n) is 2.66. The normalized spacial score (nSPS) is 11.0. The summed E-state index contributed by atoms with van der Waals surface area (Å²) in [5.41, 5.74) is 2.31. The number of rotatable bonds is 7. The van der Waals surface area contributed by atoms with Gasteiger partial charge in [-0.05, 0) is 42.9 Å². The zero-order chi connectivity index (χ0) is 16.8. The molecule has 3 aromatic rings. The Labute approximate surface area is 142 Å². The minimum atomic E-state index is 0.640. The zero-order valence-corrected chi connectivity index (χ0v) is 14.1. The lowest BCUT2D eigenvalue weighted by Crippen LogP contribution is -2.24. The highest BCUT2D eigenvalue weighted by Crippen LogP contribution is 2.18. The molecule has 0 saturated heterocycles. The van der Waals surface area contributed by atoms with Gasteiger partial charge in [0.1, 0.15) is 18.1 Å². The summed E-state index contributed by atoms with van der Waals surface area (Å²) in [4.78, 5) is 6.75. The van der Waals surface area contributed by atoms with E-state index in [1.54, 1.807) is 7.11 Å². The third kappa shape index (κ3) is 4.03. The van der Waals surface area contributed by atoms with Crippen molar-refractivity contribution in [2.75, 3.05) is 27.3 Å². The van der Waals surface area contributed by atoms with E-state index in [1.807, 2.05) is 36.5 Å². The van der Waals surface area contributed by atoms with E-state index >= 15 is 0 Å². The van der Waals surface area contributed by atoms with Crippen LogP contribution in [0.4, 0.5) is 0 Å². The first kappa shape index (κ1) is 16.3. The van der Waals surface area contributed by atoms with Crippen LogP contribution in [-0.2, 0) is 6.54 Å². The van der Waals surface area contributed by atoms with E-state index in [9.17, 15) is 0 Å². The van der Waals surface area contributed by atoms with E-state index in [2.05, 4.69) is 41.2 Å². The highest BCUT2D eigenvalue weighted by atomic mass is 16.5. The summed E-state index contributed by atoms with van der Waals surface area (Å²) in [6.45, 7) is 2.33. The van der Waals surface area contributed by atoms with Crippen molar-refractivity contribution in [3.05, 3.63) is 66.4 Å². The molecular weight excluding hydrogens is 300 g/mol. The number of ether oxygens (including phenoxy) is 2. The van der Waals surface area contributed by atoms with Crippen molar-refractivity contribution in [2.24, 2.45) is 0 Å². The second-order valence-electron chi connectivity index (χ2n) is 5.75. The van der Waals surface area contributed by atoms with Crippen LogP contribution >= 0.6 is 0 Å². The molecule has 24 heavy (non-hydrogen) atoms. The maximum atomic E-state index is 5.79. The number of hydrogen-bond acceptors (Lipinski definition) is 4. The molecule has 0 aliphatic rings. The lowest BCUT2D eigenvalue weighted by Gasteiger charge is -2.18. The molecule has 1 heterocycles. The molecule has 0 amide bonds. The number of para-hydroxylation sites is 1. The van der Waals surface area contributed by atoms with Crippen molar-refractivity contribution in [1.82, 2.24) is 9.88 Å². The zero-order valence-electron chi connectivity index (χ0n) is 14.1. The van der Waals surface area contributed by atoms with Gasteiger partial charge in [0.25, 0.3) is 0 Å². The van der Waals surface area contributed by atoms with Gasteiger partial charge in [-0.2, -0.15) is 0 Å². The van der Waals surface area contributed by atoms with Gasteiger partial charge in [-0.3, -0.25) is 9.88 Å². The molecule has 0 atom stereocenters. The van der Waals surface area contributed by atoms with Crippen molar-refractivity contribution in [1.29, 1.82) is 0 Å². The average Bonchev–Trinajstić information content (AvgIpc) is 2.63. The first-order chi connectivity index (χ1) is 11.8. The molecule has 0 radical (unpaired) electrons. The van der Waals surface area contributed by atoms with Crippen molar-refractivity contribution < 1.29 is 9.47 Å². The van der Waals surface area contributed by atoms with Crippen LogP contribution in [0.3, 0.4) is 0 Å². The Hall–Kier alpha value is -2.59. The van der Waals surface area contributed by atoms with Gasteiger partial charge < -0.3 is 9.47 Å². The summed E-state index contributed by atoms with van der Waals surface area (Å²) in [6.07, 6.45) is 1.85. The van der Waals surface area contributed by atoms with E-state index in [0.717, 1.165) is 30.1 Å². The van der Waals surface area contributed by atoms with E-state index in [-0.39, 0.29) is 0 Å². The smallest absolute Gasteiger partial charge is 0.119 e. The minimum Gasteiger partial charge on any atom is -0.497 e. The van der Waals surface area contributed by atoms with Crippen LogP contribution in [0.25, 0.3) is 10.9 Å². The quantitative estimate of drug-likeness (QED) is 0.663. The first-order valence-corrected chi connectivity index (χ1v) is 8.04. The molecule has 4 nitrogen and oxygen atoms in total. The molecule has 0 fully saturated rings. The number of nitrogens with zero attached hydrogens (tertiary/aromatic N) is 2. The second kappa shape index (κ2) is 7.79. The highest BCUT2D eigenvalue weighted by Gasteiger charge is 2.06. The van der Waals surface area contributed by atoms with Crippen LogP contribution in [-0.4, -0.2) is 37.2 Å². The maximum Gasteiger partial charge on any atom is 0.119 e. The van der Waals surface area contributed by atoms with E-state index < -0.39 is 0 Å². The van der Waals surface area contributed by atoms with Gasteiger partial charge in [0.15, 0.2) is 0 Å². The van der Waals surface area contributed by atoms with Crippen molar-refractivity contribution in [3.63, 3.8) is 0 Å². The first-order valence-electron chi connectivity index (χ1n) is 8.04. The van der Waals surface area contributed by atoms with E-state index in [0.29, 0.717) is 6.61 Å². The van der Waals surface area contributed by atoms with Crippen LogP contribution in [0.1, 0.15) is 5.56 Å². The minimum absolute atomic E-state index is 0.640. The number of pyridine rings is 1. The monoisotopic (exact) mass is 322 g/mol. The Morgan fingerprint density at radius 1 is 0.958 bits per heavy atom. The summed E-state index contributed by atoms with van der Waals surface area (Å²) in [5.74, 6) is 1.69. The van der Waals surface area contributed by atoms with Gasteiger partial charge in [0, 0.05) is 24.7 Å². The fraction of sp³-hybridized carbons (Fsp3) is 0.250. The van der Waals surface area contributed by atoms with E-state index in [4.69, 9.17) is 9.47 Å². The Balaban J connectivity index is 1.54. The molecular formula is C20H22N2O2. The predicted molar refractivity (Wildman–Crippen MR) is 96.6 cm³/mol. The van der Waals surface area contributed by atoms with Crippen LogP contribution < -0.4 is 9.47 Å². The van der Waals surface area contributed by atoms with Crippen LogP contribution in [0.5, 0.6) is 11.5 Å². The third-order valence-electron chi connectivity index (χ3n) is 3.96. The van der Waals surface area contributed by atoms with Gasteiger partial charge in [0.2, 0.25) is 0 Å². The summed E-state index contributed by atoms with van der Waals surface area (Å²) in [6, 6.07) is 18.0. The molecule has 2 aromatic carbocycles. The Morgan fingerprint density at radius 3 is 2.50 bits per heavy atom. The fourth-order valence-corrected chi connectivity index (χ4v) is 2.66. The predicted octanol–water partition coefficient (Wildman–Crippen LogP) is 3.75. The molecule has 0 N–H and O–H groups in total. The third-order valence-corrected chi connectivity index (χ3v) is 3.96. The summed E-state index contributed by atoms with van der Waals surface area (Å²) < 4.78 is 10.9. The number of likely N-dealkylation sites (N-methyl/N-ethyl adjacent to an activating group) is 1. The average molecular weight is 322 g/mol. The lowest BCUT2D eigenvalue weighted by molar-refractivity contribution is 0.233. The largest absolute Gasteiger partial charge is 0.497 e. The molecule has 3 rings (SSSR count). The van der Waals surface area contributed by atoms with Crippen molar-refractivity contribution in [2.45, 2.75) is 6.54 Å². The molecule has 4 heteroatoms. The number of hydrogen-bond donors (Lipinski definition) is 0. The maximum absolute atomic E-state index is 5.79. The molecule has 0 aliphatic heterocycles. The molecule has 0 bridgehead atoms. The summed E-state index contributed by atoms with van der Waals surface area (Å²) >= 11 is 0. The topological polar surface area (TPSA) is 34.6 Å². The number of methoxy groups -OCH3 is 1. The Kier molecular flexibility index (Phi) is 5.29. The van der Waals surface area contributed by atoms with Gasteiger partial charge >= 0.3 is 0 Å². The molecule has 1 aromatic heterocycles. The van der Waals surface area contributed by atoms with Crippen LogP contribution in [0.15, 0.2) is 60.8 Å². The number of fused-ring (bicyclic) bond motifs is 1. The molecule has 0 saturated carbocycles. The number of aromatic nitrogens is 1. The molecule has 0 aliphatic carbocycles. The van der Waals surface area contributed by atoms with Gasteiger partial charge in [-0.25, -0.2) is 0 Å². The van der Waals surface area contributed by atoms with Crippen LogP contribution in [0, 0.1) is 0 Å². The van der Waals surface area contributed by atoms with Gasteiger partial charge in [-0.15, -0.1) is 0 Å². The van der Waals surface area contributed by atoms with Crippen molar-refractivity contribution in [3.8, 4) is 11.5 Å². The Bertz CT molecular complexity index is 782. The van der Waals surface area contributed by atoms with Gasteiger partial charge in [-0.1, -0.05) is 24.3 Å². The summed E-state index contributed by atoms with van der Waals surface area (Å²) in [7, 11) is 3.76. The second-order valence-corrected chi connectivity index (χ2v) is 5.75. The van der Waals surface area contributed by atoms with Crippen molar-refractivity contribution >= 4 is 10.9 Å². The molecule has 124 valence electrons. The number of benzene rings is 2. The SMILES string of the molecule is COc1ccc(OCCN(C)Cc2cccc3cccnc23)cc1. The standard InChI is InChI=1S/C20H22N2O2/c1-22(13-14-24-19-10-8-18(23-2)9-11-19)15-17-6-3-5-16-7-4-12-21-20(16)17/h3-12H,13-15H2,1-2H3. The Morgan fingerprint density at radius 2 is 1.71 bits per heavy atom.